The maximum atomic E-state index is 13.0. The first-order valence-corrected chi connectivity index (χ1v) is 17.1. The van der Waals surface area contributed by atoms with Crippen LogP contribution in [0.4, 0.5) is 0 Å². The minimum atomic E-state index is -4.04. The molecule has 9 heteroatoms. The van der Waals surface area contributed by atoms with Gasteiger partial charge in [-0.25, -0.2) is 13.1 Å². The number of rotatable bonds is 14. The number of nitrogens with one attached hydrogen (secondary N) is 2. The Hall–Kier alpha value is -4.11. The van der Waals surface area contributed by atoms with E-state index in [4.69, 9.17) is 4.74 Å². The number of methoxy groups -OCH3 is 1. The Kier molecular flexibility index (Phi) is 11.1. The molecule has 0 aliphatic heterocycles. The number of hydrogen-bond acceptors (Lipinski definition) is 5. The van der Waals surface area contributed by atoms with Gasteiger partial charge in [0.15, 0.2) is 0 Å². The van der Waals surface area contributed by atoms with Gasteiger partial charge in [0.25, 0.3) is 15.9 Å². The largest absolute Gasteiger partial charge is 0.496 e. The molecule has 4 aromatic rings. The van der Waals surface area contributed by atoms with E-state index in [1.807, 2.05) is 6.07 Å². The third-order valence-electron chi connectivity index (χ3n) is 8.18. The normalized spacial score (nSPS) is 12.3. The Morgan fingerprint density at radius 3 is 2.38 bits per heavy atom. The van der Waals surface area contributed by atoms with E-state index in [1.165, 1.54) is 6.07 Å². The summed E-state index contributed by atoms with van der Waals surface area (Å²) in [7, 11) is -2.50. The molecule has 1 aromatic heterocycles. The highest BCUT2D eigenvalue weighted by atomic mass is 32.2. The number of benzene rings is 3. The average Bonchev–Trinajstić information content (AvgIpc) is 3.34. The van der Waals surface area contributed by atoms with Gasteiger partial charge in [-0.1, -0.05) is 58.0 Å². The molecule has 0 aliphatic carbocycles. The van der Waals surface area contributed by atoms with Crippen LogP contribution in [0.25, 0.3) is 10.9 Å². The number of nitrogens with zero attached hydrogens (tertiary/aromatic N) is 1. The van der Waals surface area contributed by atoms with E-state index in [9.17, 15) is 18.0 Å². The van der Waals surface area contributed by atoms with E-state index in [-0.39, 0.29) is 28.2 Å². The molecule has 0 radical (unpaired) electrons. The molecule has 4 rings (SSSR count). The summed E-state index contributed by atoms with van der Waals surface area (Å²) in [5, 5.41) is 4.18. The molecule has 45 heavy (non-hydrogen) atoms. The zero-order valence-electron chi connectivity index (χ0n) is 27.1. The van der Waals surface area contributed by atoms with E-state index in [1.54, 1.807) is 44.4 Å². The lowest BCUT2D eigenvalue weighted by atomic mass is 9.87. The number of aromatic nitrogens is 1. The van der Waals surface area contributed by atoms with Crippen LogP contribution in [0.3, 0.4) is 0 Å². The molecule has 8 nitrogen and oxygen atoms in total. The molecule has 3 aromatic carbocycles. The Labute approximate surface area is 267 Å². The first-order chi connectivity index (χ1) is 21.5. The summed E-state index contributed by atoms with van der Waals surface area (Å²) in [4.78, 5) is 26.0. The van der Waals surface area contributed by atoms with Gasteiger partial charge in [-0.05, 0) is 84.7 Å². The second-order valence-corrected chi connectivity index (χ2v) is 13.6. The molecule has 0 bridgehead atoms. The monoisotopic (exact) mass is 631 g/mol. The Bertz CT molecular complexity index is 1770. The Morgan fingerprint density at radius 2 is 1.71 bits per heavy atom. The van der Waals surface area contributed by atoms with Crippen molar-refractivity contribution in [2.45, 2.75) is 71.7 Å². The molecule has 1 heterocycles. The molecule has 0 spiro atoms. The molecule has 0 saturated heterocycles. The third kappa shape index (κ3) is 7.95. The van der Waals surface area contributed by atoms with Crippen LogP contribution < -0.4 is 14.8 Å². The standard InChI is InChI=1S/C36H45N3O5S/c1-7-17-37-36(41)30(24(3)4)19-26-13-16-32-31(20-26)29(23-39(32)18-8-2)21-27-14-15-28(22-33(27)44-6)35(40)38-45(42,43)34-12-10-9-11-25(34)5/h9-16,20,22-24,30H,7-8,17-19,21H2,1-6H3,(H,37,41)(H,38,40). The third-order valence-corrected chi connectivity index (χ3v) is 9.67. The maximum absolute atomic E-state index is 13.0. The van der Waals surface area contributed by atoms with Gasteiger partial charge in [-0.15, -0.1) is 0 Å². The second kappa shape index (κ2) is 14.8. The van der Waals surface area contributed by atoms with Crippen LogP contribution in [0, 0.1) is 18.8 Å². The van der Waals surface area contributed by atoms with Crippen molar-refractivity contribution in [3.8, 4) is 5.75 Å². The predicted octanol–water partition coefficient (Wildman–Crippen LogP) is 6.42. The van der Waals surface area contributed by atoms with Gasteiger partial charge in [-0.3, -0.25) is 9.59 Å². The van der Waals surface area contributed by atoms with E-state index in [0.29, 0.717) is 30.7 Å². The molecule has 1 atom stereocenters. The number of fused-ring (bicyclic) bond motifs is 1. The predicted molar refractivity (Wildman–Crippen MR) is 179 cm³/mol. The molecule has 2 amide bonds. The van der Waals surface area contributed by atoms with Crippen LogP contribution in [-0.2, 0) is 34.2 Å². The van der Waals surface area contributed by atoms with Gasteiger partial charge in [-0.2, -0.15) is 0 Å². The quantitative estimate of drug-likeness (QED) is 0.167. The van der Waals surface area contributed by atoms with Crippen molar-refractivity contribution < 1.29 is 22.7 Å². The average molecular weight is 632 g/mol. The topological polar surface area (TPSA) is 106 Å². The number of hydrogen-bond donors (Lipinski definition) is 2. The molecular weight excluding hydrogens is 586 g/mol. The van der Waals surface area contributed by atoms with Gasteiger partial charge in [0.2, 0.25) is 5.91 Å². The molecular formula is C36H45N3O5S. The lowest BCUT2D eigenvalue weighted by molar-refractivity contribution is -0.126. The van der Waals surface area contributed by atoms with Crippen molar-refractivity contribution in [2.24, 2.45) is 11.8 Å². The van der Waals surface area contributed by atoms with E-state index in [0.717, 1.165) is 47.0 Å². The number of carbonyl (C=O) groups is 2. The van der Waals surface area contributed by atoms with Crippen LogP contribution >= 0.6 is 0 Å². The fraction of sp³-hybridized carbons (Fsp3) is 0.389. The lowest BCUT2D eigenvalue weighted by Gasteiger charge is -2.20. The minimum absolute atomic E-state index is 0.0612. The van der Waals surface area contributed by atoms with Crippen molar-refractivity contribution >= 4 is 32.7 Å². The van der Waals surface area contributed by atoms with Crippen molar-refractivity contribution in [1.82, 2.24) is 14.6 Å². The first-order valence-electron chi connectivity index (χ1n) is 15.7. The van der Waals surface area contributed by atoms with Gasteiger partial charge in [0, 0.05) is 48.1 Å². The van der Waals surface area contributed by atoms with Gasteiger partial charge in [0.1, 0.15) is 5.75 Å². The second-order valence-electron chi connectivity index (χ2n) is 11.9. The van der Waals surface area contributed by atoms with Gasteiger partial charge >= 0.3 is 0 Å². The zero-order valence-corrected chi connectivity index (χ0v) is 28.0. The Morgan fingerprint density at radius 1 is 0.956 bits per heavy atom. The van der Waals surface area contributed by atoms with E-state index >= 15 is 0 Å². The highest BCUT2D eigenvalue weighted by Gasteiger charge is 2.24. The SMILES string of the molecule is CCCNC(=O)C(Cc1ccc2c(c1)c(Cc1ccc(C(=O)NS(=O)(=O)c3ccccc3C)cc1OC)cn2CCC)C(C)C. The van der Waals surface area contributed by atoms with E-state index < -0.39 is 15.9 Å². The number of aryl methyl sites for hydroxylation is 2. The smallest absolute Gasteiger partial charge is 0.265 e. The van der Waals surface area contributed by atoms with Crippen molar-refractivity contribution in [3.05, 3.63) is 94.7 Å². The van der Waals surface area contributed by atoms with Crippen LogP contribution in [0.5, 0.6) is 5.75 Å². The molecule has 240 valence electrons. The summed E-state index contributed by atoms with van der Waals surface area (Å²) in [6, 6.07) is 18.0. The van der Waals surface area contributed by atoms with Crippen molar-refractivity contribution in [2.75, 3.05) is 13.7 Å². The highest BCUT2D eigenvalue weighted by molar-refractivity contribution is 7.90. The fourth-order valence-electron chi connectivity index (χ4n) is 5.71. The lowest BCUT2D eigenvalue weighted by Crippen LogP contribution is -2.35. The minimum Gasteiger partial charge on any atom is -0.496 e. The summed E-state index contributed by atoms with van der Waals surface area (Å²) in [5.74, 6) is -0.0563. The maximum Gasteiger partial charge on any atom is 0.265 e. The van der Waals surface area contributed by atoms with Gasteiger partial charge in [0.05, 0.1) is 12.0 Å². The Balaban J connectivity index is 1.63. The summed E-state index contributed by atoms with van der Waals surface area (Å²) in [6.45, 7) is 11.6. The van der Waals surface area contributed by atoms with Crippen LogP contribution in [0.2, 0.25) is 0 Å². The number of ether oxygens (including phenoxy) is 1. The first kappa shape index (κ1) is 33.8. The molecule has 0 aliphatic rings. The fourth-order valence-corrected chi connectivity index (χ4v) is 6.93. The van der Waals surface area contributed by atoms with Crippen molar-refractivity contribution in [3.63, 3.8) is 0 Å². The summed E-state index contributed by atoms with van der Waals surface area (Å²) >= 11 is 0. The highest BCUT2D eigenvalue weighted by Crippen LogP contribution is 2.31. The van der Waals surface area contributed by atoms with Crippen LogP contribution in [-0.4, -0.2) is 38.5 Å². The number of amides is 2. The summed E-state index contributed by atoms with van der Waals surface area (Å²) in [5.41, 5.74) is 4.95. The molecule has 0 fully saturated rings. The molecule has 2 N–H and O–H groups in total. The van der Waals surface area contributed by atoms with Crippen molar-refractivity contribution in [1.29, 1.82) is 0 Å². The number of sulfonamides is 1. The zero-order chi connectivity index (χ0) is 32.7. The molecule has 0 saturated carbocycles. The van der Waals surface area contributed by atoms with Crippen LogP contribution in [0.15, 0.2) is 71.8 Å². The number of carbonyl (C=O) groups excluding carboxylic acids is 2. The van der Waals surface area contributed by atoms with Crippen LogP contribution in [0.1, 0.15) is 73.1 Å². The summed E-state index contributed by atoms with van der Waals surface area (Å²) < 4.78 is 35.9. The van der Waals surface area contributed by atoms with Gasteiger partial charge < -0.3 is 14.6 Å². The van der Waals surface area contributed by atoms with E-state index in [2.05, 4.69) is 66.7 Å². The molecule has 1 unspecified atom stereocenters. The summed E-state index contributed by atoms with van der Waals surface area (Å²) in [6.07, 6.45) is 5.25.